The maximum absolute atomic E-state index is 12.4. The molecule has 0 saturated carbocycles. The summed E-state index contributed by atoms with van der Waals surface area (Å²) >= 11 is 5.51. The first-order valence-corrected chi connectivity index (χ1v) is 4.91. The molecule has 0 aromatic heterocycles. The maximum Gasteiger partial charge on any atom is 0.417 e. The lowest BCUT2D eigenvalue weighted by Gasteiger charge is -2.17. The van der Waals surface area contributed by atoms with Crippen LogP contribution in [0.5, 0.6) is 0 Å². The molecule has 3 N–H and O–H groups in total. The van der Waals surface area contributed by atoms with Gasteiger partial charge in [-0.1, -0.05) is 17.7 Å². The standard InChI is InChI=1S/C10H11ClF3NO/c1-5(16)9(15)6-2-3-7(8(11)4-6)10(12,13)14/h2-5,9,16H,15H2,1H3/t5-,9+/m1/s1. The predicted molar refractivity (Wildman–Crippen MR) is 55.1 cm³/mol. The van der Waals surface area contributed by atoms with Crippen LogP contribution < -0.4 is 5.73 Å². The van der Waals surface area contributed by atoms with E-state index in [1.807, 2.05) is 0 Å². The lowest BCUT2D eigenvalue weighted by atomic mass is 10.0. The Balaban J connectivity index is 3.09. The van der Waals surface area contributed by atoms with Gasteiger partial charge in [0.25, 0.3) is 0 Å². The molecule has 0 fully saturated rings. The lowest BCUT2D eigenvalue weighted by Crippen LogP contribution is -2.23. The molecule has 0 spiro atoms. The summed E-state index contributed by atoms with van der Waals surface area (Å²) in [5.74, 6) is 0. The minimum absolute atomic E-state index is 0.369. The van der Waals surface area contributed by atoms with Crippen LogP contribution in [-0.4, -0.2) is 11.2 Å². The molecule has 0 unspecified atom stereocenters. The number of alkyl halides is 3. The van der Waals surface area contributed by atoms with Gasteiger partial charge in [0, 0.05) is 0 Å². The quantitative estimate of drug-likeness (QED) is 0.851. The van der Waals surface area contributed by atoms with Crippen molar-refractivity contribution in [1.82, 2.24) is 0 Å². The Morgan fingerprint density at radius 2 is 1.94 bits per heavy atom. The van der Waals surface area contributed by atoms with Crippen molar-refractivity contribution in [3.8, 4) is 0 Å². The summed E-state index contributed by atoms with van der Waals surface area (Å²) in [6.07, 6.45) is -5.34. The van der Waals surface area contributed by atoms with Crippen molar-refractivity contribution in [3.63, 3.8) is 0 Å². The minimum atomic E-state index is -4.48. The van der Waals surface area contributed by atoms with E-state index in [-0.39, 0.29) is 0 Å². The molecule has 0 bridgehead atoms. The molecule has 2 nitrogen and oxygen atoms in total. The molecule has 1 aromatic rings. The third-order valence-corrected chi connectivity index (χ3v) is 2.52. The highest BCUT2D eigenvalue weighted by Gasteiger charge is 2.33. The normalized spacial score (nSPS) is 15.9. The Morgan fingerprint density at radius 3 is 2.31 bits per heavy atom. The van der Waals surface area contributed by atoms with E-state index in [2.05, 4.69) is 0 Å². The van der Waals surface area contributed by atoms with E-state index in [4.69, 9.17) is 17.3 Å². The zero-order valence-electron chi connectivity index (χ0n) is 8.42. The number of aliphatic hydroxyl groups excluding tert-OH is 1. The summed E-state index contributed by atoms with van der Waals surface area (Å²) in [5.41, 5.74) is 5.04. The van der Waals surface area contributed by atoms with Gasteiger partial charge >= 0.3 is 6.18 Å². The molecule has 90 valence electrons. The Kier molecular flexibility index (Phi) is 3.83. The van der Waals surface area contributed by atoms with Crippen LogP contribution >= 0.6 is 11.6 Å². The van der Waals surface area contributed by atoms with E-state index in [1.54, 1.807) is 0 Å². The molecular weight excluding hydrogens is 243 g/mol. The van der Waals surface area contributed by atoms with Gasteiger partial charge in [0.05, 0.1) is 22.7 Å². The SMILES string of the molecule is C[C@@H](O)[C@H](N)c1ccc(C(F)(F)F)c(Cl)c1. The van der Waals surface area contributed by atoms with Crippen molar-refractivity contribution in [2.45, 2.75) is 25.2 Å². The second-order valence-corrected chi connectivity index (χ2v) is 3.91. The van der Waals surface area contributed by atoms with Crippen molar-refractivity contribution in [2.24, 2.45) is 5.73 Å². The van der Waals surface area contributed by atoms with Gasteiger partial charge in [0.1, 0.15) is 0 Å². The fraction of sp³-hybridized carbons (Fsp3) is 0.400. The van der Waals surface area contributed by atoms with Gasteiger partial charge in [-0.15, -0.1) is 0 Å². The summed E-state index contributed by atoms with van der Waals surface area (Å²) in [4.78, 5) is 0. The number of hydrogen-bond acceptors (Lipinski definition) is 2. The average molecular weight is 254 g/mol. The lowest BCUT2D eigenvalue weighted by molar-refractivity contribution is -0.137. The van der Waals surface area contributed by atoms with Crippen LogP contribution in [0.4, 0.5) is 13.2 Å². The predicted octanol–water partition coefficient (Wildman–Crippen LogP) is 2.74. The Morgan fingerprint density at radius 1 is 1.38 bits per heavy atom. The molecule has 1 aromatic carbocycles. The van der Waals surface area contributed by atoms with Gasteiger partial charge in [-0.2, -0.15) is 13.2 Å². The second kappa shape index (κ2) is 4.61. The highest BCUT2D eigenvalue weighted by atomic mass is 35.5. The van der Waals surface area contributed by atoms with Gasteiger partial charge in [-0.25, -0.2) is 0 Å². The molecule has 0 aliphatic carbocycles. The van der Waals surface area contributed by atoms with Crippen molar-refractivity contribution in [3.05, 3.63) is 34.3 Å². The van der Waals surface area contributed by atoms with E-state index in [0.29, 0.717) is 5.56 Å². The maximum atomic E-state index is 12.4. The number of hydrogen-bond donors (Lipinski definition) is 2. The molecule has 16 heavy (non-hydrogen) atoms. The minimum Gasteiger partial charge on any atom is -0.391 e. The number of rotatable bonds is 2. The van der Waals surface area contributed by atoms with Crippen LogP contribution in [0.2, 0.25) is 5.02 Å². The molecule has 0 amide bonds. The molecule has 0 saturated heterocycles. The van der Waals surface area contributed by atoms with E-state index < -0.39 is 28.9 Å². The summed E-state index contributed by atoms with van der Waals surface area (Å²) in [6, 6.07) is 2.45. The van der Waals surface area contributed by atoms with Crippen LogP contribution in [0.25, 0.3) is 0 Å². The van der Waals surface area contributed by atoms with Crippen molar-refractivity contribution in [2.75, 3.05) is 0 Å². The van der Waals surface area contributed by atoms with Crippen LogP contribution in [0.1, 0.15) is 24.1 Å². The molecular formula is C10H11ClF3NO. The van der Waals surface area contributed by atoms with Crippen LogP contribution in [0.15, 0.2) is 18.2 Å². The average Bonchev–Trinajstić information content (AvgIpc) is 2.14. The Bertz CT molecular complexity index is 379. The van der Waals surface area contributed by atoms with E-state index >= 15 is 0 Å². The number of nitrogens with two attached hydrogens (primary N) is 1. The van der Waals surface area contributed by atoms with Crippen molar-refractivity contribution < 1.29 is 18.3 Å². The van der Waals surface area contributed by atoms with Gasteiger partial charge < -0.3 is 10.8 Å². The largest absolute Gasteiger partial charge is 0.417 e. The summed E-state index contributed by atoms with van der Waals surface area (Å²) in [6.45, 7) is 1.45. The molecule has 0 radical (unpaired) electrons. The molecule has 6 heteroatoms. The highest BCUT2D eigenvalue weighted by molar-refractivity contribution is 6.31. The monoisotopic (exact) mass is 253 g/mol. The van der Waals surface area contributed by atoms with Crippen LogP contribution in [0.3, 0.4) is 0 Å². The smallest absolute Gasteiger partial charge is 0.391 e. The van der Waals surface area contributed by atoms with Crippen LogP contribution in [-0.2, 0) is 6.18 Å². The van der Waals surface area contributed by atoms with Crippen molar-refractivity contribution in [1.29, 1.82) is 0 Å². The van der Waals surface area contributed by atoms with Crippen LogP contribution in [0, 0.1) is 0 Å². The Labute approximate surface area is 95.8 Å². The van der Waals surface area contributed by atoms with E-state index in [9.17, 15) is 18.3 Å². The third-order valence-electron chi connectivity index (χ3n) is 2.20. The Hall–Kier alpha value is -0.780. The molecule has 0 aliphatic heterocycles. The third kappa shape index (κ3) is 2.87. The summed E-state index contributed by atoms with van der Waals surface area (Å²) < 4.78 is 37.1. The summed E-state index contributed by atoms with van der Waals surface area (Å²) in [7, 11) is 0. The number of aliphatic hydroxyl groups is 1. The first-order valence-electron chi connectivity index (χ1n) is 4.53. The van der Waals surface area contributed by atoms with E-state index in [0.717, 1.165) is 12.1 Å². The second-order valence-electron chi connectivity index (χ2n) is 3.50. The zero-order valence-corrected chi connectivity index (χ0v) is 9.18. The van der Waals surface area contributed by atoms with Gasteiger partial charge in [-0.05, 0) is 24.6 Å². The molecule has 1 rings (SSSR count). The first-order chi connectivity index (χ1) is 7.23. The number of benzene rings is 1. The first kappa shape index (κ1) is 13.3. The fourth-order valence-electron chi connectivity index (χ4n) is 1.25. The zero-order chi connectivity index (χ0) is 12.5. The molecule has 0 aliphatic rings. The van der Waals surface area contributed by atoms with Gasteiger partial charge in [0.15, 0.2) is 0 Å². The van der Waals surface area contributed by atoms with Crippen molar-refractivity contribution >= 4 is 11.6 Å². The fourth-order valence-corrected chi connectivity index (χ4v) is 1.54. The van der Waals surface area contributed by atoms with E-state index in [1.165, 1.54) is 13.0 Å². The number of halogens is 4. The van der Waals surface area contributed by atoms with Gasteiger partial charge in [-0.3, -0.25) is 0 Å². The highest BCUT2D eigenvalue weighted by Crippen LogP contribution is 2.35. The molecule has 2 atom stereocenters. The summed E-state index contributed by atoms with van der Waals surface area (Å²) in [5, 5.41) is 8.79. The van der Waals surface area contributed by atoms with Gasteiger partial charge in [0.2, 0.25) is 0 Å². The molecule has 0 heterocycles. The topological polar surface area (TPSA) is 46.2 Å².